The average Bonchev–Trinajstić information content (AvgIpc) is 3.58. The minimum absolute atomic E-state index is 0.217. The van der Waals surface area contributed by atoms with Crippen LogP contribution in [0.4, 0.5) is 5.69 Å². The molecule has 0 aliphatic carbocycles. The first-order chi connectivity index (χ1) is 17.1. The van der Waals surface area contributed by atoms with Crippen LogP contribution in [-0.2, 0) is 21.0 Å². The summed E-state index contributed by atoms with van der Waals surface area (Å²) in [7, 11) is 0. The Balaban J connectivity index is 1.37. The average molecular weight is 529 g/mol. The molecule has 2 aliphatic heterocycles. The molecule has 2 fully saturated rings. The minimum Gasteiger partial charge on any atom is -0.459 e. The molecule has 0 bridgehead atoms. The summed E-state index contributed by atoms with van der Waals surface area (Å²) in [4.78, 5) is 34.4. The van der Waals surface area contributed by atoms with E-state index in [9.17, 15) is 9.59 Å². The van der Waals surface area contributed by atoms with Gasteiger partial charge in [0.15, 0.2) is 6.10 Å². The van der Waals surface area contributed by atoms with Crippen molar-refractivity contribution in [3.05, 3.63) is 113 Å². The van der Waals surface area contributed by atoms with Crippen molar-refractivity contribution in [2.45, 2.75) is 18.7 Å². The fourth-order valence-corrected chi connectivity index (χ4v) is 5.03. The number of furan rings is 1. The van der Waals surface area contributed by atoms with E-state index in [4.69, 9.17) is 9.25 Å². The molecule has 0 spiro atoms. The van der Waals surface area contributed by atoms with Crippen molar-refractivity contribution in [2.75, 3.05) is 5.06 Å². The molecular weight excluding hydrogens is 508 g/mol. The minimum atomic E-state index is -0.905. The van der Waals surface area contributed by atoms with Crippen molar-refractivity contribution in [2.24, 2.45) is 5.92 Å². The van der Waals surface area contributed by atoms with Crippen LogP contribution in [0.15, 0.2) is 106 Å². The Kier molecular flexibility index (Phi) is 5.51. The van der Waals surface area contributed by atoms with Crippen LogP contribution < -0.4 is 5.06 Å². The zero-order chi connectivity index (χ0) is 23.9. The third kappa shape index (κ3) is 3.87. The van der Waals surface area contributed by atoms with Gasteiger partial charge in [-0.05, 0) is 42.0 Å². The van der Waals surface area contributed by atoms with E-state index in [2.05, 4.69) is 15.9 Å². The SMILES string of the molecule is O=C1[C@@H]2[C@@H](ON(c3ccccc3)[C@H]2c2ccc(-c3ccc(Br)cc3)o2)C(=O)N1Cc1ccccc1. The summed E-state index contributed by atoms with van der Waals surface area (Å²) < 4.78 is 7.25. The molecule has 3 heterocycles. The van der Waals surface area contributed by atoms with E-state index in [-0.39, 0.29) is 18.4 Å². The van der Waals surface area contributed by atoms with Crippen LogP contribution >= 0.6 is 15.9 Å². The smallest absolute Gasteiger partial charge is 0.262 e. The molecule has 2 saturated heterocycles. The van der Waals surface area contributed by atoms with Crippen molar-refractivity contribution >= 4 is 33.4 Å². The van der Waals surface area contributed by atoms with Gasteiger partial charge in [0.05, 0.1) is 12.2 Å². The summed E-state index contributed by atoms with van der Waals surface area (Å²) in [5.74, 6) is -0.0416. The molecule has 6 nitrogen and oxygen atoms in total. The van der Waals surface area contributed by atoms with Crippen LogP contribution in [0.1, 0.15) is 17.4 Å². The maximum absolute atomic E-state index is 13.6. The van der Waals surface area contributed by atoms with Crippen molar-refractivity contribution in [1.29, 1.82) is 0 Å². The van der Waals surface area contributed by atoms with Crippen molar-refractivity contribution in [3.63, 3.8) is 0 Å². The second-order valence-corrected chi connectivity index (χ2v) is 9.53. The quantitative estimate of drug-likeness (QED) is 0.308. The number of hydrogen-bond acceptors (Lipinski definition) is 5. The number of rotatable bonds is 5. The molecule has 1 aromatic heterocycles. The van der Waals surface area contributed by atoms with Crippen LogP contribution in [0.3, 0.4) is 0 Å². The monoisotopic (exact) mass is 528 g/mol. The van der Waals surface area contributed by atoms with E-state index in [1.807, 2.05) is 97.1 Å². The van der Waals surface area contributed by atoms with Gasteiger partial charge in [0.1, 0.15) is 23.5 Å². The van der Waals surface area contributed by atoms with Crippen LogP contribution in [0.25, 0.3) is 11.3 Å². The second-order valence-electron chi connectivity index (χ2n) is 8.62. The molecule has 3 atom stereocenters. The molecule has 35 heavy (non-hydrogen) atoms. The van der Waals surface area contributed by atoms with E-state index in [1.165, 1.54) is 4.90 Å². The lowest BCUT2D eigenvalue weighted by molar-refractivity contribution is -0.143. The van der Waals surface area contributed by atoms with Crippen LogP contribution in [-0.4, -0.2) is 22.8 Å². The summed E-state index contributed by atoms with van der Waals surface area (Å²) in [5.41, 5.74) is 2.56. The van der Waals surface area contributed by atoms with Crippen LogP contribution in [0.2, 0.25) is 0 Å². The van der Waals surface area contributed by atoms with Gasteiger partial charge in [-0.2, -0.15) is 0 Å². The van der Waals surface area contributed by atoms with Crippen molar-refractivity contribution in [1.82, 2.24) is 4.90 Å². The van der Waals surface area contributed by atoms with Gasteiger partial charge in [0, 0.05) is 10.0 Å². The molecule has 2 amide bonds. The molecule has 7 heteroatoms. The topological polar surface area (TPSA) is 63.0 Å². The predicted molar refractivity (Wildman–Crippen MR) is 134 cm³/mol. The van der Waals surface area contributed by atoms with Gasteiger partial charge in [-0.15, -0.1) is 0 Å². The van der Waals surface area contributed by atoms with Crippen LogP contribution in [0, 0.1) is 5.92 Å². The number of halogens is 1. The van der Waals surface area contributed by atoms with E-state index in [1.54, 1.807) is 5.06 Å². The van der Waals surface area contributed by atoms with Gasteiger partial charge in [-0.25, -0.2) is 5.06 Å². The molecule has 4 aromatic rings. The fraction of sp³-hybridized carbons (Fsp3) is 0.143. The Morgan fingerprint density at radius 1 is 0.771 bits per heavy atom. The van der Waals surface area contributed by atoms with Gasteiger partial charge in [-0.1, -0.05) is 76.6 Å². The first-order valence-corrected chi connectivity index (χ1v) is 12.2. The number of para-hydroxylation sites is 1. The number of nitrogens with zero attached hydrogens (tertiary/aromatic N) is 2. The highest BCUT2D eigenvalue weighted by Gasteiger charge is 2.60. The standard InChI is InChI=1S/C28H21BrN2O4/c29-20-13-11-19(12-14-20)22-15-16-23(34-22)25-24-26(35-31(25)21-9-5-2-6-10-21)28(33)30(27(24)32)17-18-7-3-1-4-8-18/h1-16,24-26H,17H2/t24-,25-,26+/m0/s1. The highest BCUT2D eigenvalue weighted by molar-refractivity contribution is 9.10. The van der Waals surface area contributed by atoms with E-state index in [0.29, 0.717) is 11.5 Å². The molecular formula is C28H21BrN2O4. The van der Waals surface area contributed by atoms with Gasteiger partial charge in [-0.3, -0.25) is 19.3 Å². The maximum Gasteiger partial charge on any atom is 0.262 e. The zero-order valence-electron chi connectivity index (χ0n) is 18.6. The van der Waals surface area contributed by atoms with Gasteiger partial charge in [0.25, 0.3) is 5.91 Å². The third-order valence-electron chi connectivity index (χ3n) is 6.45. The number of likely N-dealkylation sites (tertiary alicyclic amines) is 1. The summed E-state index contributed by atoms with van der Waals surface area (Å²) in [6, 6.07) is 30.0. The molecule has 0 radical (unpaired) electrons. The lowest BCUT2D eigenvalue weighted by Crippen LogP contribution is -2.36. The number of anilines is 1. The van der Waals surface area contributed by atoms with Crippen molar-refractivity contribution < 1.29 is 18.8 Å². The lowest BCUT2D eigenvalue weighted by atomic mass is 9.94. The Hall–Kier alpha value is -3.68. The highest BCUT2D eigenvalue weighted by Crippen LogP contribution is 2.47. The molecule has 0 N–H and O–H groups in total. The number of benzene rings is 3. The Morgan fingerprint density at radius 3 is 2.17 bits per heavy atom. The number of hydroxylamine groups is 1. The molecule has 174 valence electrons. The molecule has 2 aliphatic rings. The lowest BCUT2D eigenvalue weighted by Gasteiger charge is -2.27. The molecule has 6 rings (SSSR count). The van der Waals surface area contributed by atoms with Gasteiger partial charge >= 0.3 is 0 Å². The summed E-state index contributed by atoms with van der Waals surface area (Å²) >= 11 is 3.46. The maximum atomic E-state index is 13.6. The van der Waals surface area contributed by atoms with Crippen molar-refractivity contribution in [3.8, 4) is 11.3 Å². The number of carbonyl (C=O) groups excluding carboxylic acids is 2. The first-order valence-electron chi connectivity index (χ1n) is 11.4. The van der Waals surface area contributed by atoms with Crippen LogP contribution in [0.5, 0.6) is 0 Å². The predicted octanol–water partition coefficient (Wildman–Crippen LogP) is 5.76. The Morgan fingerprint density at radius 2 is 1.46 bits per heavy atom. The van der Waals surface area contributed by atoms with Gasteiger partial charge in [0.2, 0.25) is 5.91 Å². The number of hydrogen-bond donors (Lipinski definition) is 0. The fourth-order valence-electron chi connectivity index (χ4n) is 4.76. The summed E-state index contributed by atoms with van der Waals surface area (Å²) in [5, 5.41) is 1.65. The Labute approximate surface area is 210 Å². The number of amides is 2. The number of imide groups is 1. The first kappa shape index (κ1) is 21.8. The molecule has 0 unspecified atom stereocenters. The molecule has 3 aromatic carbocycles. The normalized spacial score (nSPS) is 21.6. The summed E-state index contributed by atoms with van der Waals surface area (Å²) in [6.07, 6.45) is -0.905. The third-order valence-corrected chi connectivity index (χ3v) is 6.98. The summed E-state index contributed by atoms with van der Waals surface area (Å²) in [6.45, 7) is 0.217. The van der Waals surface area contributed by atoms with E-state index in [0.717, 1.165) is 21.3 Å². The number of fused-ring (bicyclic) bond motifs is 1. The zero-order valence-corrected chi connectivity index (χ0v) is 20.2. The Bertz CT molecular complexity index is 1370. The largest absolute Gasteiger partial charge is 0.459 e. The van der Waals surface area contributed by atoms with E-state index >= 15 is 0 Å². The highest BCUT2D eigenvalue weighted by atomic mass is 79.9. The van der Waals surface area contributed by atoms with Gasteiger partial charge < -0.3 is 4.42 Å². The number of carbonyl (C=O) groups is 2. The second kappa shape index (κ2) is 8.83. The van der Waals surface area contributed by atoms with E-state index < -0.39 is 18.1 Å². The molecule has 0 saturated carbocycles.